The second kappa shape index (κ2) is 7.37. The maximum Gasteiger partial charge on any atom is 0.123 e. The summed E-state index contributed by atoms with van der Waals surface area (Å²) in [6.45, 7) is 7.30. The van der Waals surface area contributed by atoms with Gasteiger partial charge in [0.2, 0.25) is 0 Å². The average molecular weight is 253 g/mol. The van der Waals surface area contributed by atoms with Crippen LogP contribution < -0.4 is 4.90 Å². The molecule has 0 amide bonds. The maximum absolute atomic E-state index is 13.2. The smallest absolute Gasteiger partial charge is 0.123 e. The van der Waals surface area contributed by atoms with Gasteiger partial charge in [-0.2, -0.15) is 0 Å². The van der Waals surface area contributed by atoms with Gasteiger partial charge in [0.05, 0.1) is 6.61 Å². The van der Waals surface area contributed by atoms with Gasteiger partial charge in [-0.1, -0.05) is 20.3 Å². The lowest BCUT2D eigenvalue weighted by Gasteiger charge is -2.32. The van der Waals surface area contributed by atoms with Crippen molar-refractivity contribution in [2.75, 3.05) is 11.4 Å². The number of benzene rings is 1. The Balaban J connectivity index is 3.03. The van der Waals surface area contributed by atoms with Gasteiger partial charge in [-0.15, -0.1) is 0 Å². The quantitative estimate of drug-likeness (QED) is 0.800. The first kappa shape index (κ1) is 15.0. The van der Waals surface area contributed by atoms with Crippen LogP contribution in [0.15, 0.2) is 18.2 Å². The predicted molar refractivity (Wildman–Crippen MR) is 74.3 cm³/mol. The molecule has 1 rings (SSSR count). The molecule has 0 aliphatic rings. The summed E-state index contributed by atoms with van der Waals surface area (Å²) in [5, 5.41) is 9.38. The van der Waals surface area contributed by atoms with E-state index in [4.69, 9.17) is 0 Å². The zero-order valence-corrected chi connectivity index (χ0v) is 11.6. The van der Waals surface area contributed by atoms with Gasteiger partial charge in [-0.3, -0.25) is 0 Å². The fourth-order valence-electron chi connectivity index (χ4n) is 2.09. The van der Waals surface area contributed by atoms with Crippen LogP contribution in [0.2, 0.25) is 0 Å². The van der Waals surface area contributed by atoms with Gasteiger partial charge < -0.3 is 10.0 Å². The van der Waals surface area contributed by atoms with Crippen LogP contribution >= 0.6 is 0 Å². The SMILES string of the molecule is CCCCN(c1ccc(F)cc1CO)C(C)CC. The van der Waals surface area contributed by atoms with E-state index in [0.717, 1.165) is 31.5 Å². The van der Waals surface area contributed by atoms with Crippen molar-refractivity contribution in [1.29, 1.82) is 0 Å². The largest absolute Gasteiger partial charge is 0.392 e. The third-order valence-corrected chi connectivity index (χ3v) is 3.40. The first-order valence-electron chi connectivity index (χ1n) is 6.79. The third kappa shape index (κ3) is 3.70. The highest BCUT2D eigenvalue weighted by molar-refractivity contribution is 5.54. The van der Waals surface area contributed by atoms with Gasteiger partial charge in [-0.25, -0.2) is 4.39 Å². The van der Waals surface area contributed by atoms with Crippen LogP contribution in [0.3, 0.4) is 0 Å². The zero-order chi connectivity index (χ0) is 13.5. The van der Waals surface area contributed by atoms with E-state index in [-0.39, 0.29) is 12.4 Å². The molecule has 1 unspecified atom stereocenters. The minimum absolute atomic E-state index is 0.119. The Labute approximate surface area is 109 Å². The minimum atomic E-state index is -0.289. The molecule has 0 saturated heterocycles. The summed E-state index contributed by atoms with van der Waals surface area (Å²) in [5.74, 6) is -0.289. The van der Waals surface area contributed by atoms with Crippen LogP contribution in [0, 0.1) is 5.82 Å². The monoisotopic (exact) mass is 253 g/mol. The van der Waals surface area contributed by atoms with Gasteiger partial charge in [0.25, 0.3) is 0 Å². The molecule has 0 aliphatic carbocycles. The Morgan fingerprint density at radius 1 is 1.33 bits per heavy atom. The number of hydrogen-bond donors (Lipinski definition) is 1. The molecule has 0 saturated carbocycles. The fraction of sp³-hybridized carbons (Fsp3) is 0.600. The van der Waals surface area contributed by atoms with Gasteiger partial charge in [0.15, 0.2) is 0 Å². The molecular weight excluding hydrogens is 229 g/mol. The standard InChI is InChI=1S/C15H24FNO/c1-4-6-9-17(12(3)5-2)15-8-7-14(16)10-13(15)11-18/h7-8,10,12,18H,4-6,9,11H2,1-3H3. The third-order valence-electron chi connectivity index (χ3n) is 3.40. The highest BCUT2D eigenvalue weighted by Gasteiger charge is 2.16. The summed E-state index contributed by atoms with van der Waals surface area (Å²) in [6, 6.07) is 5.07. The van der Waals surface area contributed by atoms with Gasteiger partial charge >= 0.3 is 0 Å². The number of anilines is 1. The second-order valence-electron chi connectivity index (χ2n) is 4.74. The predicted octanol–water partition coefficient (Wildman–Crippen LogP) is 3.72. The van der Waals surface area contributed by atoms with Crippen LogP contribution in [-0.2, 0) is 6.61 Å². The molecule has 0 fully saturated rings. The van der Waals surface area contributed by atoms with Crippen LogP contribution in [-0.4, -0.2) is 17.7 Å². The molecule has 1 atom stereocenters. The van der Waals surface area contributed by atoms with Crippen molar-refractivity contribution in [2.45, 2.75) is 52.7 Å². The average Bonchev–Trinajstić information content (AvgIpc) is 2.39. The summed E-state index contributed by atoms with van der Waals surface area (Å²) in [6.07, 6.45) is 3.27. The number of nitrogens with zero attached hydrogens (tertiary/aromatic N) is 1. The maximum atomic E-state index is 13.2. The Hall–Kier alpha value is -1.09. The first-order chi connectivity index (χ1) is 8.63. The summed E-state index contributed by atoms with van der Waals surface area (Å²) in [7, 11) is 0. The van der Waals surface area contributed by atoms with E-state index in [1.54, 1.807) is 6.07 Å². The number of unbranched alkanes of at least 4 members (excludes halogenated alkanes) is 1. The summed E-state index contributed by atoms with van der Waals surface area (Å²) in [4.78, 5) is 2.27. The second-order valence-corrected chi connectivity index (χ2v) is 4.74. The molecule has 0 radical (unpaired) electrons. The molecule has 1 aromatic rings. The first-order valence-corrected chi connectivity index (χ1v) is 6.79. The van der Waals surface area contributed by atoms with Gasteiger partial charge in [-0.05, 0) is 38.0 Å². The highest BCUT2D eigenvalue weighted by Crippen LogP contribution is 2.25. The van der Waals surface area contributed by atoms with E-state index in [1.807, 2.05) is 0 Å². The van der Waals surface area contributed by atoms with Crippen molar-refractivity contribution in [1.82, 2.24) is 0 Å². The minimum Gasteiger partial charge on any atom is -0.392 e. The molecule has 0 spiro atoms. The van der Waals surface area contributed by atoms with E-state index in [2.05, 4.69) is 25.7 Å². The molecule has 102 valence electrons. The Bertz CT molecular complexity index is 368. The molecule has 1 N–H and O–H groups in total. The van der Waals surface area contributed by atoms with E-state index in [9.17, 15) is 9.50 Å². The van der Waals surface area contributed by atoms with Crippen molar-refractivity contribution in [2.24, 2.45) is 0 Å². The Morgan fingerprint density at radius 3 is 2.61 bits per heavy atom. The van der Waals surface area contributed by atoms with Crippen molar-refractivity contribution in [3.8, 4) is 0 Å². The van der Waals surface area contributed by atoms with Crippen molar-refractivity contribution >= 4 is 5.69 Å². The highest BCUT2D eigenvalue weighted by atomic mass is 19.1. The lowest BCUT2D eigenvalue weighted by atomic mass is 10.1. The van der Waals surface area contributed by atoms with E-state index >= 15 is 0 Å². The fourth-order valence-corrected chi connectivity index (χ4v) is 2.09. The van der Waals surface area contributed by atoms with Gasteiger partial charge in [0, 0.05) is 23.8 Å². The molecule has 0 heterocycles. The van der Waals surface area contributed by atoms with Crippen LogP contribution in [0.1, 0.15) is 45.6 Å². The molecule has 3 heteroatoms. The molecular formula is C15H24FNO. The van der Waals surface area contributed by atoms with Crippen LogP contribution in [0.4, 0.5) is 10.1 Å². The summed E-state index contributed by atoms with van der Waals surface area (Å²) < 4.78 is 13.2. The van der Waals surface area contributed by atoms with Gasteiger partial charge in [0.1, 0.15) is 5.82 Å². The van der Waals surface area contributed by atoms with Crippen molar-refractivity contribution in [3.63, 3.8) is 0 Å². The molecule has 1 aromatic carbocycles. The van der Waals surface area contributed by atoms with Crippen molar-refractivity contribution < 1.29 is 9.50 Å². The van der Waals surface area contributed by atoms with E-state index in [0.29, 0.717) is 11.6 Å². The Morgan fingerprint density at radius 2 is 2.06 bits per heavy atom. The number of aliphatic hydroxyl groups excluding tert-OH is 1. The lowest BCUT2D eigenvalue weighted by molar-refractivity contribution is 0.281. The topological polar surface area (TPSA) is 23.5 Å². The van der Waals surface area contributed by atoms with E-state index < -0.39 is 0 Å². The summed E-state index contributed by atoms with van der Waals surface area (Å²) in [5.41, 5.74) is 1.63. The van der Waals surface area contributed by atoms with Crippen molar-refractivity contribution in [3.05, 3.63) is 29.6 Å². The molecule has 18 heavy (non-hydrogen) atoms. The Kier molecular flexibility index (Phi) is 6.13. The molecule has 0 bridgehead atoms. The van der Waals surface area contributed by atoms with Crippen LogP contribution in [0.5, 0.6) is 0 Å². The molecule has 2 nitrogen and oxygen atoms in total. The van der Waals surface area contributed by atoms with E-state index in [1.165, 1.54) is 12.1 Å². The zero-order valence-electron chi connectivity index (χ0n) is 11.6. The molecule has 0 aliphatic heterocycles. The summed E-state index contributed by atoms with van der Waals surface area (Å²) >= 11 is 0. The van der Waals surface area contributed by atoms with Crippen LogP contribution in [0.25, 0.3) is 0 Å². The lowest BCUT2D eigenvalue weighted by Crippen LogP contribution is -2.34. The number of halogens is 1. The normalized spacial score (nSPS) is 12.5. The molecule has 0 aromatic heterocycles. The number of aliphatic hydroxyl groups is 1. The number of rotatable bonds is 7. The number of hydrogen-bond acceptors (Lipinski definition) is 2.